The van der Waals surface area contributed by atoms with E-state index >= 15 is 0 Å². The summed E-state index contributed by atoms with van der Waals surface area (Å²) in [5.41, 5.74) is 1.02. The molecule has 0 heterocycles. The van der Waals surface area contributed by atoms with Gasteiger partial charge in [0.25, 0.3) is 0 Å². The van der Waals surface area contributed by atoms with E-state index in [0.29, 0.717) is 6.42 Å². The summed E-state index contributed by atoms with van der Waals surface area (Å²) in [5, 5.41) is 5.30. The Morgan fingerprint density at radius 3 is 2.43 bits per heavy atom. The summed E-state index contributed by atoms with van der Waals surface area (Å²) >= 11 is 3.43. The van der Waals surface area contributed by atoms with Crippen molar-refractivity contribution in [1.82, 2.24) is 5.32 Å². The Morgan fingerprint density at radius 2 is 1.76 bits per heavy atom. The Kier molecular flexibility index (Phi) is 5.27. The van der Waals surface area contributed by atoms with E-state index in [1.807, 2.05) is 36.4 Å². The second-order valence-electron chi connectivity index (χ2n) is 5.10. The lowest BCUT2D eigenvalue weighted by atomic mass is 9.98. The van der Waals surface area contributed by atoms with Crippen LogP contribution < -0.4 is 5.32 Å². The van der Waals surface area contributed by atoms with Crippen LogP contribution in [0.15, 0.2) is 40.9 Å². The van der Waals surface area contributed by atoms with Gasteiger partial charge >= 0.3 is 6.18 Å². The number of hydrogen-bond donors (Lipinski definition) is 1. The molecule has 0 fully saturated rings. The molecule has 0 radical (unpaired) electrons. The molecule has 1 atom stereocenters. The zero-order valence-electron chi connectivity index (χ0n) is 11.7. The van der Waals surface area contributed by atoms with Crippen LogP contribution in [0, 0.1) is 0 Å². The monoisotopic (exact) mass is 359 g/mol. The quantitative estimate of drug-likeness (QED) is 0.732. The lowest BCUT2D eigenvalue weighted by molar-refractivity contribution is -0.135. The van der Waals surface area contributed by atoms with Crippen LogP contribution in [0.2, 0.25) is 0 Å². The standard InChI is InChI=1S/C16H17BrF3N/c1-21-15(3-2-8-16(18,19)20)13-5-4-12-10-14(17)7-6-11(12)9-13/h4-7,9-10,15,21H,2-3,8H2,1H3. The van der Waals surface area contributed by atoms with Crippen molar-refractivity contribution in [3.05, 3.63) is 46.4 Å². The Morgan fingerprint density at radius 1 is 1.10 bits per heavy atom. The first-order valence-electron chi connectivity index (χ1n) is 6.82. The third kappa shape index (κ3) is 4.71. The maximum atomic E-state index is 12.2. The van der Waals surface area contributed by atoms with E-state index in [2.05, 4.69) is 21.2 Å². The Bertz CT molecular complexity index is 610. The summed E-state index contributed by atoms with van der Waals surface area (Å²) in [7, 11) is 1.78. The van der Waals surface area contributed by atoms with Crippen LogP contribution in [-0.2, 0) is 0 Å². The van der Waals surface area contributed by atoms with Crippen molar-refractivity contribution in [2.45, 2.75) is 31.5 Å². The highest BCUT2D eigenvalue weighted by Crippen LogP contribution is 2.28. The SMILES string of the molecule is CNC(CCCC(F)(F)F)c1ccc2cc(Br)ccc2c1. The van der Waals surface area contributed by atoms with Crippen LogP contribution in [0.3, 0.4) is 0 Å². The van der Waals surface area contributed by atoms with Crippen LogP contribution in [-0.4, -0.2) is 13.2 Å². The normalized spacial score (nSPS) is 13.6. The average Bonchev–Trinajstić information content (AvgIpc) is 2.42. The van der Waals surface area contributed by atoms with Crippen LogP contribution in [0.1, 0.15) is 30.9 Å². The van der Waals surface area contributed by atoms with Crippen molar-refractivity contribution in [3.63, 3.8) is 0 Å². The van der Waals surface area contributed by atoms with E-state index in [-0.39, 0.29) is 12.5 Å². The molecule has 1 N–H and O–H groups in total. The zero-order chi connectivity index (χ0) is 15.5. The molecule has 0 aromatic heterocycles. The third-order valence-electron chi connectivity index (χ3n) is 3.53. The van der Waals surface area contributed by atoms with Gasteiger partial charge in [-0.1, -0.05) is 34.1 Å². The maximum absolute atomic E-state index is 12.2. The zero-order valence-corrected chi connectivity index (χ0v) is 13.3. The highest BCUT2D eigenvalue weighted by atomic mass is 79.9. The number of alkyl halides is 3. The van der Waals surface area contributed by atoms with Crippen molar-refractivity contribution in [2.24, 2.45) is 0 Å². The predicted molar refractivity (Wildman–Crippen MR) is 83.4 cm³/mol. The fourth-order valence-electron chi connectivity index (χ4n) is 2.44. The lowest BCUT2D eigenvalue weighted by Gasteiger charge is -2.18. The second-order valence-corrected chi connectivity index (χ2v) is 6.02. The fourth-order valence-corrected chi connectivity index (χ4v) is 2.81. The van der Waals surface area contributed by atoms with E-state index in [1.54, 1.807) is 7.05 Å². The van der Waals surface area contributed by atoms with Crippen molar-refractivity contribution in [3.8, 4) is 0 Å². The van der Waals surface area contributed by atoms with Gasteiger partial charge in [-0.2, -0.15) is 13.2 Å². The molecule has 1 nitrogen and oxygen atoms in total. The van der Waals surface area contributed by atoms with Crippen molar-refractivity contribution in [1.29, 1.82) is 0 Å². The predicted octanol–water partition coefficient (Wildman–Crippen LogP) is 5.60. The molecule has 21 heavy (non-hydrogen) atoms. The molecule has 0 aliphatic heterocycles. The highest BCUT2D eigenvalue weighted by Gasteiger charge is 2.26. The number of benzene rings is 2. The summed E-state index contributed by atoms with van der Waals surface area (Å²) < 4.78 is 37.7. The number of rotatable bonds is 5. The van der Waals surface area contributed by atoms with Gasteiger partial charge < -0.3 is 5.32 Å². The van der Waals surface area contributed by atoms with E-state index in [0.717, 1.165) is 20.8 Å². The number of hydrogen-bond acceptors (Lipinski definition) is 1. The topological polar surface area (TPSA) is 12.0 Å². The Labute approximate surface area is 130 Å². The molecular weight excluding hydrogens is 343 g/mol. The van der Waals surface area contributed by atoms with E-state index < -0.39 is 12.6 Å². The smallest absolute Gasteiger partial charge is 0.313 e. The highest BCUT2D eigenvalue weighted by molar-refractivity contribution is 9.10. The molecule has 0 bridgehead atoms. The molecule has 0 saturated heterocycles. The van der Waals surface area contributed by atoms with Gasteiger partial charge in [-0.05, 0) is 54.4 Å². The fraction of sp³-hybridized carbons (Fsp3) is 0.375. The van der Waals surface area contributed by atoms with Crippen LogP contribution in [0.25, 0.3) is 10.8 Å². The molecule has 2 rings (SSSR count). The van der Waals surface area contributed by atoms with E-state index in [4.69, 9.17) is 0 Å². The molecule has 0 spiro atoms. The largest absolute Gasteiger partial charge is 0.389 e. The van der Waals surface area contributed by atoms with Gasteiger partial charge in [0.1, 0.15) is 0 Å². The van der Waals surface area contributed by atoms with E-state index in [9.17, 15) is 13.2 Å². The van der Waals surface area contributed by atoms with Gasteiger partial charge in [0.15, 0.2) is 0 Å². The Balaban J connectivity index is 2.12. The molecule has 5 heteroatoms. The summed E-state index contributed by atoms with van der Waals surface area (Å²) in [6, 6.07) is 12.0. The Hall–Kier alpha value is -1.07. The van der Waals surface area contributed by atoms with Crippen LogP contribution in [0.4, 0.5) is 13.2 Å². The van der Waals surface area contributed by atoms with Crippen LogP contribution >= 0.6 is 15.9 Å². The first kappa shape index (κ1) is 16.3. The molecule has 114 valence electrons. The van der Waals surface area contributed by atoms with E-state index in [1.165, 1.54) is 0 Å². The lowest BCUT2D eigenvalue weighted by Crippen LogP contribution is -2.17. The second kappa shape index (κ2) is 6.79. The minimum absolute atomic E-state index is 0.0552. The third-order valence-corrected chi connectivity index (χ3v) is 4.02. The molecule has 0 amide bonds. The summed E-state index contributed by atoms with van der Waals surface area (Å²) in [4.78, 5) is 0. The maximum Gasteiger partial charge on any atom is 0.389 e. The minimum atomic E-state index is -4.08. The summed E-state index contributed by atoms with van der Waals surface area (Å²) in [6.07, 6.45) is -4.20. The van der Waals surface area contributed by atoms with Crippen molar-refractivity contribution in [2.75, 3.05) is 7.05 Å². The molecule has 2 aromatic carbocycles. The first-order chi connectivity index (χ1) is 9.89. The van der Waals surface area contributed by atoms with Gasteiger partial charge in [-0.3, -0.25) is 0 Å². The minimum Gasteiger partial charge on any atom is -0.313 e. The molecular formula is C16H17BrF3N. The summed E-state index contributed by atoms with van der Waals surface area (Å²) in [5.74, 6) is 0. The molecule has 0 aliphatic rings. The number of fused-ring (bicyclic) bond motifs is 1. The summed E-state index contributed by atoms with van der Waals surface area (Å²) in [6.45, 7) is 0. The van der Waals surface area contributed by atoms with Crippen molar-refractivity contribution >= 4 is 26.7 Å². The molecule has 0 saturated carbocycles. The van der Waals surface area contributed by atoms with Gasteiger partial charge in [-0.15, -0.1) is 0 Å². The van der Waals surface area contributed by atoms with Gasteiger partial charge in [0.2, 0.25) is 0 Å². The average molecular weight is 360 g/mol. The van der Waals surface area contributed by atoms with Gasteiger partial charge in [0, 0.05) is 16.9 Å². The first-order valence-corrected chi connectivity index (χ1v) is 7.61. The number of nitrogens with one attached hydrogen (secondary N) is 1. The molecule has 2 aromatic rings. The van der Waals surface area contributed by atoms with Crippen molar-refractivity contribution < 1.29 is 13.2 Å². The molecule has 1 unspecified atom stereocenters. The van der Waals surface area contributed by atoms with Gasteiger partial charge in [-0.25, -0.2) is 0 Å². The van der Waals surface area contributed by atoms with Gasteiger partial charge in [0.05, 0.1) is 0 Å². The van der Waals surface area contributed by atoms with Crippen LogP contribution in [0.5, 0.6) is 0 Å². The number of halogens is 4. The molecule has 0 aliphatic carbocycles.